The summed E-state index contributed by atoms with van der Waals surface area (Å²) < 4.78 is 3.15. The van der Waals surface area contributed by atoms with Gasteiger partial charge in [0.05, 0.1) is 0 Å². The molecule has 1 aromatic carbocycles. The molecular formula is C13H14ClN2O2S+. The Hall–Kier alpha value is -1.43. The first-order valence-electron chi connectivity index (χ1n) is 5.81. The number of nitrogens with one attached hydrogen (secondary N) is 1. The van der Waals surface area contributed by atoms with E-state index in [-0.39, 0.29) is 5.69 Å². The third-order valence-corrected chi connectivity index (χ3v) is 5.02. The number of halogens is 1. The number of benzene rings is 1. The van der Waals surface area contributed by atoms with Crippen LogP contribution in [0.1, 0.15) is 22.4 Å². The van der Waals surface area contributed by atoms with Crippen molar-refractivity contribution in [2.75, 3.05) is 11.8 Å². The first-order valence-corrected chi connectivity index (χ1v) is 7.41. The number of aromatic nitrogens is 1. The predicted octanol–water partition coefficient (Wildman–Crippen LogP) is 3.59. The van der Waals surface area contributed by atoms with Crippen LogP contribution >= 0.6 is 22.3 Å². The molecule has 4 nitrogen and oxygen atoms in total. The molecule has 0 aliphatic carbocycles. The van der Waals surface area contributed by atoms with Gasteiger partial charge in [0, 0.05) is 24.1 Å². The van der Waals surface area contributed by atoms with Gasteiger partial charge in [0.15, 0.2) is 0 Å². The van der Waals surface area contributed by atoms with Crippen LogP contribution in [-0.2, 0) is 6.42 Å². The van der Waals surface area contributed by atoms with Crippen LogP contribution in [0.15, 0.2) is 24.3 Å². The fourth-order valence-electron chi connectivity index (χ4n) is 1.91. The van der Waals surface area contributed by atoms with Crippen molar-refractivity contribution in [3.63, 3.8) is 0 Å². The molecule has 0 saturated carbocycles. The van der Waals surface area contributed by atoms with Gasteiger partial charge in [0.2, 0.25) is 10.6 Å². The SMILES string of the molecule is CCc1nc(C(=O)O)c(-c2cccc(Cl)c2)[s+]1NC. The second-order valence-electron chi connectivity index (χ2n) is 3.86. The van der Waals surface area contributed by atoms with Gasteiger partial charge in [-0.2, -0.15) is 4.98 Å². The first-order chi connectivity index (χ1) is 9.08. The first kappa shape index (κ1) is 14.0. The Kier molecular flexibility index (Phi) is 4.19. The number of carbonyl (C=O) groups is 1. The van der Waals surface area contributed by atoms with Gasteiger partial charge < -0.3 is 5.11 Å². The number of nitrogens with zero attached hydrogens (tertiary/aromatic N) is 1. The Morgan fingerprint density at radius 2 is 2.26 bits per heavy atom. The van der Waals surface area contributed by atoms with E-state index in [1.165, 1.54) is 0 Å². The molecule has 0 saturated heterocycles. The van der Waals surface area contributed by atoms with E-state index in [1.54, 1.807) is 12.1 Å². The largest absolute Gasteiger partial charge is 0.476 e. The Balaban J connectivity index is 2.72. The van der Waals surface area contributed by atoms with Crippen LogP contribution in [0.5, 0.6) is 0 Å². The zero-order chi connectivity index (χ0) is 14.0. The summed E-state index contributed by atoms with van der Waals surface area (Å²) in [6.07, 6.45) is 0.713. The number of hydrogen-bond acceptors (Lipinski definition) is 3. The smallest absolute Gasteiger partial charge is 0.360 e. The second-order valence-corrected chi connectivity index (χ2v) is 6.20. The van der Waals surface area contributed by atoms with Gasteiger partial charge in [0.1, 0.15) is 10.7 Å². The Morgan fingerprint density at radius 3 is 2.79 bits per heavy atom. The number of carboxylic acids is 1. The average Bonchev–Trinajstić information content (AvgIpc) is 2.77. The van der Waals surface area contributed by atoms with Crippen LogP contribution in [0.4, 0.5) is 0 Å². The van der Waals surface area contributed by atoms with Crippen molar-refractivity contribution in [3.05, 3.63) is 40.0 Å². The lowest BCUT2D eigenvalue weighted by Gasteiger charge is -1.98. The third-order valence-electron chi connectivity index (χ3n) is 2.69. The monoisotopic (exact) mass is 297 g/mol. The maximum Gasteiger partial charge on any atom is 0.360 e. The summed E-state index contributed by atoms with van der Waals surface area (Å²) in [5, 5.41) is 10.8. The summed E-state index contributed by atoms with van der Waals surface area (Å²) >= 11 is 5.99. The molecule has 0 bridgehead atoms. The topological polar surface area (TPSA) is 62.2 Å². The number of aromatic carboxylic acids is 1. The van der Waals surface area contributed by atoms with Crippen LogP contribution in [0.3, 0.4) is 0 Å². The lowest BCUT2D eigenvalue weighted by Crippen LogP contribution is -1.99. The maximum absolute atomic E-state index is 11.4. The van der Waals surface area contributed by atoms with Crippen molar-refractivity contribution >= 4 is 28.2 Å². The van der Waals surface area contributed by atoms with E-state index in [1.807, 2.05) is 26.1 Å². The molecule has 0 amide bonds. The average molecular weight is 298 g/mol. The molecule has 0 aliphatic rings. The van der Waals surface area contributed by atoms with Crippen LogP contribution in [0.25, 0.3) is 10.4 Å². The van der Waals surface area contributed by atoms with Crippen molar-refractivity contribution in [1.82, 2.24) is 4.98 Å². The van der Waals surface area contributed by atoms with E-state index in [4.69, 9.17) is 11.6 Å². The van der Waals surface area contributed by atoms with E-state index < -0.39 is 16.6 Å². The summed E-state index contributed by atoms with van der Waals surface area (Å²) in [6, 6.07) is 7.20. The summed E-state index contributed by atoms with van der Waals surface area (Å²) in [7, 11) is 1.33. The molecule has 0 radical (unpaired) electrons. The molecule has 1 unspecified atom stereocenters. The molecule has 19 heavy (non-hydrogen) atoms. The predicted molar refractivity (Wildman–Crippen MR) is 78.8 cm³/mol. The van der Waals surface area contributed by atoms with Crippen LogP contribution in [-0.4, -0.2) is 23.1 Å². The Morgan fingerprint density at radius 1 is 1.53 bits per heavy atom. The van der Waals surface area contributed by atoms with E-state index in [2.05, 4.69) is 9.71 Å². The van der Waals surface area contributed by atoms with Gasteiger partial charge in [-0.1, -0.05) is 24.6 Å². The number of aryl methyl sites for hydroxylation is 1. The zero-order valence-corrected chi connectivity index (χ0v) is 12.2. The quantitative estimate of drug-likeness (QED) is 0.847. The van der Waals surface area contributed by atoms with Crippen LogP contribution in [0.2, 0.25) is 5.02 Å². The second kappa shape index (κ2) is 5.69. The highest BCUT2D eigenvalue weighted by Crippen LogP contribution is 2.39. The standard InChI is InChI=1S/C13H13ClN2O2S/c1-3-10-16-11(13(17)18)12(19(10)15-2)8-5-4-6-9(14)7-8/h4-7,15H,3H2,1-2H3/p+1. The summed E-state index contributed by atoms with van der Waals surface area (Å²) in [6.45, 7) is 1.97. The van der Waals surface area contributed by atoms with Gasteiger partial charge in [-0.3, -0.25) is 0 Å². The lowest BCUT2D eigenvalue weighted by molar-refractivity contribution is 0.0692. The molecule has 2 N–H and O–H groups in total. The zero-order valence-electron chi connectivity index (χ0n) is 10.6. The maximum atomic E-state index is 11.4. The molecule has 6 heteroatoms. The van der Waals surface area contributed by atoms with E-state index in [9.17, 15) is 9.90 Å². The molecular weight excluding hydrogens is 284 g/mol. The molecule has 1 aromatic heterocycles. The molecule has 0 aliphatic heterocycles. The van der Waals surface area contributed by atoms with Gasteiger partial charge in [0.25, 0.3) is 5.01 Å². The number of hydrogen-bond donors (Lipinski definition) is 2. The molecule has 2 rings (SSSR count). The van der Waals surface area contributed by atoms with Crippen molar-refractivity contribution in [3.8, 4) is 10.4 Å². The fourth-order valence-corrected chi connectivity index (χ4v) is 3.93. The Bertz CT molecular complexity index is 625. The van der Waals surface area contributed by atoms with Gasteiger partial charge in [-0.25, -0.2) is 4.79 Å². The highest BCUT2D eigenvalue weighted by Gasteiger charge is 2.32. The van der Waals surface area contributed by atoms with Crippen LogP contribution < -0.4 is 4.72 Å². The highest BCUT2D eigenvalue weighted by atomic mass is 35.5. The highest BCUT2D eigenvalue weighted by molar-refractivity contribution is 7.36. The van der Waals surface area contributed by atoms with Gasteiger partial charge >= 0.3 is 5.97 Å². The third kappa shape index (κ3) is 2.63. The van der Waals surface area contributed by atoms with E-state index >= 15 is 0 Å². The summed E-state index contributed by atoms with van der Waals surface area (Å²) in [5.41, 5.74) is 0.909. The van der Waals surface area contributed by atoms with Gasteiger partial charge in [-0.05, 0) is 18.2 Å². The van der Waals surface area contributed by atoms with E-state index in [0.29, 0.717) is 16.3 Å². The fraction of sp³-hybridized carbons (Fsp3) is 0.231. The van der Waals surface area contributed by atoms with Crippen LogP contribution in [0, 0.1) is 0 Å². The molecule has 2 aromatic rings. The Labute approximate surface area is 119 Å². The van der Waals surface area contributed by atoms with Crippen molar-refractivity contribution in [2.24, 2.45) is 0 Å². The lowest BCUT2D eigenvalue weighted by atomic mass is 10.1. The van der Waals surface area contributed by atoms with Crippen molar-refractivity contribution in [2.45, 2.75) is 13.3 Å². The molecule has 0 spiro atoms. The molecule has 1 heterocycles. The molecule has 0 fully saturated rings. The number of rotatable bonds is 4. The van der Waals surface area contributed by atoms with E-state index in [0.717, 1.165) is 10.6 Å². The van der Waals surface area contributed by atoms with Crippen molar-refractivity contribution in [1.29, 1.82) is 0 Å². The molecule has 100 valence electrons. The normalized spacial score (nSPS) is 11.6. The number of thiazole rings is 1. The number of carboxylic acid groups (broad SMARTS) is 1. The minimum Gasteiger partial charge on any atom is -0.476 e. The molecule has 1 atom stereocenters. The summed E-state index contributed by atoms with van der Waals surface area (Å²) in [5.74, 6) is -1.01. The summed E-state index contributed by atoms with van der Waals surface area (Å²) in [4.78, 5) is 16.3. The minimum absolute atomic E-state index is 0.108. The van der Waals surface area contributed by atoms with Gasteiger partial charge in [-0.15, -0.1) is 4.72 Å². The minimum atomic E-state index is -1.01. The van der Waals surface area contributed by atoms with Crippen molar-refractivity contribution < 1.29 is 9.90 Å².